The molecule has 1 amide bonds. The van der Waals surface area contributed by atoms with Gasteiger partial charge in [-0.15, -0.1) is 0 Å². The number of furan rings is 1. The lowest BCUT2D eigenvalue weighted by molar-refractivity contribution is -0.111. The first-order valence-electron chi connectivity index (χ1n) is 17.6. The van der Waals surface area contributed by atoms with E-state index in [9.17, 15) is 18.8 Å². The quantitative estimate of drug-likeness (QED) is 0.216. The van der Waals surface area contributed by atoms with E-state index in [2.05, 4.69) is 24.2 Å². The standard InChI is InChI=1S/C12H23N.C10H7NO3.C9H18FNO.C6H12O2/c1-10-12(8-9-13(10)2)11-6-4-3-5-7-11;12-5-9-4-7-3-8(11-6-13)1-2-10(7)14-9;1-2-8(7-12)4-3-5-9(11)6-10;1-7-5-6-3-2-4-8-6/h10-12H,3-9H2,1-2H3;1-6H,(H,11,13);7-9H,2-6,11H2,1H3;6H,2-5H2,1H3. The van der Waals surface area contributed by atoms with Crippen LogP contribution in [-0.2, 0) is 19.1 Å². The number of nitrogens with zero attached hydrogens (tertiary/aromatic N) is 1. The molecule has 3 fully saturated rings. The van der Waals surface area contributed by atoms with Crippen LogP contribution in [0, 0.1) is 17.8 Å². The summed E-state index contributed by atoms with van der Waals surface area (Å²) in [6.07, 6.45) is 17.2. The second kappa shape index (κ2) is 23.6. The van der Waals surface area contributed by atoms with Crippen molar-refractivity contribution < 1.29 is 32.7 Å². The molecule has 10 heteroatoms. The Bertz CT molecular complexity index is 1130. The average Bonchev–Trinajstić information content (AvgIpc) is 3.85. The number of fused-ring (bicyclic) bond motifs is 1. The summed E-state index contributed by atoms with van der Waals surface area (Å²) in [4.78, 5) is 33.5. The van der Waals surface area contributed by atoms with Crippen LogP contribution in [0.3, 0.4) is 0 Å². The number of carbonyl (C=O) groups excluding carboxylic acids is 3. The van der Waals surface area contributed by atoms with Gasteiger partial charge in [-0.3, -0.25) is 9.59 Å². The number of nitrogens with one attached hydrogen (secondary N) is 1. The van der Waals surface area contributed by atoms with Crippen LogP contribution in [0.15, 0.2) is 28.7 Å². The zero-order valence-electron chi connectivity index (χ0n) is 29.2. The van der Waals surface area contributed by atoms with Gasteiger partial charge < -0.3 is 34.6 Å². The number of halogens is 1. The molecule has 1 aliphatic carbocycles. The molecular weight excluding hydrogens is 601 g/mol. The molecule has 0 radical (unpaired) electrons. The lowest BCUT2D eigenvalue weighted by Crippen LogP contribution is -2.30. The lowest BCUT2D eigenvalue weighted by atomic mass is 9.77. The second-order valence-electron chi connectivity index (χ2n) is 13.1. The molecule has 3 N–H and O–H groups in total. The maximum Gasteiger partial charge on any atom is 0.211 e. The SMILES string of the molecule is CC1C(C2CCCCC2)CCN1C.CCC(C=O)CCCC(N)CF.COCC1CCCO1.O=CNc1ccc2oc(C=O)cc2c1. The molecule has 1 aromatic carbocycles. The highest BCUT2D eigenvalue weighted by atomic mass is 19.1. The number of rotatable bonds is 13. The molecule has 2 aliphatic heterocycles. The molecule has 5 rings (SSSR count). The van der Waals surface area contributed by atoms with E-state index in [4.69, 9.17) is 19.6 Å². The fourth-order valence-electron chi connectivity index (χ4n) is 6.65. The second-order valence-corrected chi connectivity index (χ2v) is 13.1. The Kier molecular flexibility index (Phi) is 20.4. The molecule has 0 bridgehead atoms. The smallest absolute Gasteiger partial charge is 0.211 e. The van der Waals surface area contributed by atoms with E-state index in [-0.39, 0.29) is 17.7 Å². The number of nitrogens with two attached hydrogens (primary N) is 1. The maximum atomic E-state index is 11.9. The number of hydrogen-bond acceptors (Lipinski definition) is 8. The van der Waals surface area contributed by atoms with Gasteiger partial charge >= 0.3 is 0 Å². The van der Waals surface area contributed by atoms with Gasteiger partial charge in [-0.05, 0) is 95.1 Å². The summed E-state index contributed by atoms with van der Waals surface area (Å²) in [6, 6.07) is 7.28. The highest BCUT2D eigenvalue weighted by Gasteiger charge is 2.34. The molecule has 9 nitrogen and oxygen atoms in total. The van der Waals surface area contributed by atoms with E-state index >= 15 is 0 Å². The predicted molar refractivity (Wildman–Crippen MR) is 187 cm³/mol. The fourth-order valence-corrected chi connectivity index (χ4v) is 6.65. The minimum atomic E-state index is -0.460. The molecule has 3 heterocycles. The number of alkyl halides is 1. The van der Waals surface area contributed by atoms with E-state index < -0.39 is 6.67 Å². The number of ether oxygens (including phenoxy) is 2. The number of aldehydes is 2. The van der Waals surface area contributed by atoms with Crippen molar-refractivity contribution in [3.63, 3.8) is 0 Å². The van der Waals surface area contributed by atoms with Crippen molar-refractivity contribution in [3.05, 3.63) is 30.0 Å². The van der Waals surface area contributed by atoms with Crippen LogP contribution in [0.1, 0.15) is 101 Å². The van der Waals surface area contributed by atoms with Gasteiger partial charge in [0.2, 0.25) is 6.41 Å². The normalized spacial score (nSPS) is 22.5. The first-order chi connectivity index (χ1) is 22.8. The highest BCUT2D eigenvalue weighted by Crippen LogP contribution is 2.37. The lowest BCUT2D eigenvalue weighted by Gasteiger charge is -2.31. The van der Waals surface area contributed by atoms with Gasteiger partial charge in [0.15, 0.2) is 12.0 Å². The van der Waals surface area contributed by atoms with Crippen LogP contribution in [0.4, 0.5) is 10.1 Å². The molecule has 266 valence electrons. The Morgan fingerprint density at radius 3 is 2.40 bits per heavy atom. The molecule has 2 aromatic rings. The van der Waals surface area contributed by atoms with Gasteiger partial charge in [0.25, 0.3) is 0 Å². The highest BCUT2D eigenvalue weighted by molar-refractivity contribution is 5.88. The number of amides is 1. The molecule has 3 aliphatic rings. The van der Waals surface area contributed by atoms with Crippen molar-refractivity contribution in [2.75, 3.05) is 45.9 Å². The minimum Gasteiger partial charge on any atom is -0.453 e. The van der Waals surface area contributed by atoms with E-state index in [1.807, 2.05) is 6.92 Å². The average molecular weight is 662 g/mol. The van der Waals surface area contributed by atoms with Crippen molar-refractivity contribution >= 4 is 35.6 Å². The van der Waals surface area contributed by atoms with Crippen molar-refractivity contribution in [1.82, 2.24) is 4.90 Å². The van der Waals surface area contributed by atoms with Gasteiger partial charge in [-0.25, -0.2) is 4.39 Å². The van der Waals surface area contributed by atoms with E-state index in [0.717, 1.165) is 62.0 Å². The Balaban J connectivity index is 0.000000222. The Hall–Kier alpha value is -2.66. The fraction of sp³-hybridized carbons (Fsp3) is 0.703. The summed E-state index contributed by atoms with van der Waals surface area (Å²) in [5, 5.41) is 3.31. The van der Waals surface area contributed by atoms with Crippen molar-refractivity contribution in [2.24, 2.45) is 23.5 Å². The summed E-state index contributed by atoms with van der Waals surface area (Å²) >= 11 is 0. The molecule has 0 spiro atoms. The molecule has 2 saturated heterocycles. The molecule has 1 saturated carbocycles. The Morgan fingerprint density at radius 2 is 1.85 bits per heavy atom. The van der Waals surface area contributed by atoms with Crippen LogP contribution in [0.25, 0.3) is 11.0 Å². The summed E-state index contributed by atoms with van der Waals surface area (Å²) in [5.74, 6) is 2.50. The minimum absolute atomic E-state index is 0.136. The summed E-state index contributed by atoms with van der Waals surface area (Å²) in [7, 11) is 4.00. The van der Waals surface area contributed by atoms with Crippen LogP contribution < -0.4 is 11.1 Å². The van der Waals surface area contributed by atoms with Gasteiger partial charge in [0, 0.05) is 42.8 Å². The largest absolute Gasteiger partial charge is 0.453 e. The van der Waals surface area contributed by atoms with Gasteiger partial charge in [-0.1, -0.05) is 45.4 Å². The van der Waals surface area contributed by atoms with Crippen LogP contribution in [-0.4, -0.2) is 82.7 Å². The number of benzene rings is 1. The van der Waals surface area contributed by atoms with Crippen molar-refractivity contribution in [2.45, 2.75) is 109 Å². The first kappa shape index (κ1) is 40.5. The Labute approximate surface area is 281 Å². The molecule has 5 atom stereocenters. The van der Waals surface area contributed by atoms with E-state index in [1.165, 1.54) is 57.9 Å². The summed E-state index contributed by atoms with van der Waals surface area (Å²) in [5.41, 5.74) is 6.68. The summed E-state index contributed by atoms with van der Waals surface area (Å²) in [6.45, 7) is 6.97. The molecule has 47 heavy (non-hydrogen) atoms. The van der Waals surface area contributed by atoms with Crippen molar-refractivity contribution in [3.8, 4) is 0 Å². The third-order valence-electron chi connectivity index (χ3n) is 9.70. The van der Waals surface area contributed by atoms with E-state index in [0.29, 0.717) is 36.5 Å². The van der Waals surface area contributed by atoms with Gasteiger partial charge in [-0.2, -0.15) is 0 Å². The zero-order valence-corrected chi connectivity index (χ0v) is 29.2. The number of hydrogen-bond donors (Lipinski definition) is 2. The third-order valence-corrected chi connectivity index (χ3v) is 9.70. The Morgan fingerprint density at radius 1 is 1.09 bits per heavy atom. The predicted octanol–water partition coefficient (Wildman–Crippen LogP) is 7.21. The van der Waals surface area contributed by atoms with Crippen LogP contribution in [0.2, 0.25) is 0 Å². The van der Waals surface area contributed by atoms with Crippen molar-refractivity contribution in [1.29, 1.82) is 0 Å². The molecule has 1 aromatic heterocycles. The number of likely N-dealkylation sites (tertiary alicyclic amines) is 1. The molecular formula is C37H60FN3O6. The molecule has 5 unspecified atom stereocenters. The van der Waals surface area contributed by atoms with Gasteiger partial charge in [0.1, 0.15) is 18.5 Å². The van der Waals surface area contributed by atoms with Crippen LogP contribution in [0.5, 0.6) is 0 Å². The van der Waals surface area contributed by atoms with E-state index in [1.54, 1.807) is 31.4 Å². The number of anilines is 1. The first-order valence-corrected chi connectivity index (χ1v) is 17.6. The zero-order chi connectivity index (χ0) is 34.4. The monoisotopic (exact) mass is 661 g/mol. The maximum absolute atomic E-state index is 11.9. The van der Waals surface area contributed by atoms with Crippen LogP contribution >= 0.6 is 0 Å². The third kappa shape index (κ3) is 15.0. The summed E-state index contributed by atoms with van der Waals surface area (Å²) < 4.78 is 27.2. The number of methoxy groups -OCH3 is 1. The number of carbonyl (C=O) groups is 3. The topological polar surface area (TPSA) is 124 Å². The van der Waals surface area contributed by atoms with Gasteiger partial charge in [0.05, 0.1) is 12.7 Å².